The standard InChI is InChI=1S/C14H17F2NO4S/c15-10-4-5-11(16)13(9-10)22(18,19)17-6-2-1-3-12(17)14-20-7-8-21-14/h4-5,9,12,14H,1-3,6-8H2/t12-/m1/s1. The number of piperidine rings is 1. The van der Waals surface area contributed by atoms with Gasteiger partial charge in [0.05, 0.1) is 19.3 Å². The number of halogens is 2. The Hall–Kier alpha value is -1.09. The van der Waals surface area contributed by atoms with Gasteiger partial charge in [0.15, 0.2) is 6.29 Å². The quantitative estimate of drug-likeness (QED) is 0.847. The molecule has 0 saturated carbocycles. The van der Waals surface area contributed by atoms with Gasteiger partial charge in [-0.1, -0.05) is 6.42 Å². The number of nitrogens with zero attached hydrogens (tertiary/aromatic N) is 1. The predicted octanol–water partition coefficient (Wildman–Crippen LogP) is 1.88. The number of sulfonamides is 1. The lowest BCUT2D eigenvalue weighted by Gasteiger charge is -2.36. The van der Waals surface area contributed by atoms with Crippen LogP contribution >= 0.6 is 0 Å². The first-order chi connectivity index (χ1) is 10.5. The largest absolute Gasteiger partial charge is 0.349 e. The fourth-order valence-corrected chi connectivity index (χ4v) is 4.66. The second-order valence-corrected chi connectivity index (χ2v) is 7.22. The second kappa shape index (κ2) is 6.19. The van der Waals surface area contributed by atoms with Crippen LogP contribution in [-0.2, 0) is 19.5 Å². The Morgan fingerprint density at radius 2 is 1.86 bits per heavy atom. The SMILES string of the molecule is O=S(=O)(c1cc(F)ccc1F)N1CCCC[C@@H]1C1OCCO1. The van der Waals surface area contributed by atoms with Crippen molar-refractivity contribution in [3.05, 3.63) is 29.8 Å². The van der Waals surface area contributed by atoms with Crippen molar-refractivity contribution in [1.29, 1.82) is 0 Å². The summed E-state index contributed by atoms with van der Waals surface area (Å²) in [6, 6.07) is 1.92. The summed E-state index contributed by atoms with van der Waals surface area (Å²) in [6.45, 7) is 1.05. The van der Waals surface area contributed by atoms with Gasteiger partial charge in [-0.05, 0) is 31.0 Å². The summed E-state index contributed by atoms with van der Waals surface area (Å²) in [6.07, 6.45) is 1.43. The van der Waals surface area contributed by atoms with Gasteiger partial charge >= 0.3 is 0 Å². The van der Waals surface area contributed by atoms with E-state index in [9.17, 15) is 17.2 Å². The van der Waals surface area contributed by atoms with Crippen LogP contribution in [0.5, 0.6) is 0 Å². The summed E-state index contributed by atoms with van der Waals surface area (Å²) in [4.78, 5) is -0.641. The van der Waals surface area contributed by atoms with Crippen LogP contribution in [0.2, 0.25) is 0 Å². The van der Waals surface area contributed by atoms with Gasteiger partial charge in [-0.3, -0.25) is 0 Å². The van der Waals surface area contributed by atoms with Gasteiger partial charge in [0.1, 0.15) is 16.5 Å². The zero-order valence-electron chi connectivity index (χ0n) is 11.9. The number of hydrogen-bond donors (Lipinski definition) is 0. The number of hydrogen-bond acceptors (Lipinski definition) is 4. The zero-order chi connectivity index (χ0) is 15.7. The molecule has 0 bridgehead atoms. The van der Waals surface area contributed by atoms with Gasteiger partial charge in [-0.2, -0.15) is 4.31 Å². The van der Waals surface area contributed by atoms with Gasteiger partial charge in [-0.25, -0.2) is 17.2 Å². The molecule has 122 valence electrons. The molecule has 2 fully saturated rings. The normalized spacial score (nSPS) is 24.7. The molecule has 0 N–H and O–H groups in total. The van der Waals surface area contributed by atoms with Crippen LogP contribution in [0.3, 0.4) is 0 Å². The van der Waals surface area contributed by atoms with E-state index in [0.29, 0.717) is 32.1 Å². The molecular weight excluding hydrogens is 316 g/mol. The van der Waals surface area contributed by atoms with E-state index < -0.39 is 38.9 Å². The smallest absolute Gasteiger partial charge is 0.246 e. The Bertz CT molecular complexity index is 646. The number of rotatable bonds is 3. The Labute approximate surface area is 127 Å². The molecule has 0 aromatic heterocycles. The molecule has 8 heteroatoms. The maximum absolute atomic E-state index is 13.9. The molecule has 5 nitrogen and oxygen atoms in total. The second-order valence-electron chi connectivity index (χ2n) is 5.36. The third kappa shape index (κ3) is 2.88. The predicted molar refractivity (Wildman–Crippen MR) is 73.6 cm³/mol. The van der Waals surface area contributed by atoms with Crippen molar-refractivity contribution in [2.75, 3.05) is 19.8 Å². The molecule has 0 unspecified atom stereocenters. The summed E-state index contributed by atoms with van der Waals surface area (Å²) in [7, 11) is -4.14. The highest BCUT2D eigenvalue weighted by atomic mass is 32.2. The molecule has 2 aliphatic heterocycles. The van der Waals surface area contributed by atoms with E-state index in [0.717, 1.165) is 18.6 Å². The van der Waals surface area contributed by atoms with Crippen molar-refractivity contribution in [2.24, 2.45) is 0 Å². The number of ether oxygens (including phenoxy) is 2. The molecule has 2 saturated heterocycles. The first-order valence-electron chi connectivity index (χ1n) is 7.20. The minimum atomic E-state index is -4.14. The van der Waals surface area contributed by atoms with Crippen LogP contribution in [0.1, 0.15) is 19.3 Å². The monoisotopic (exact) mass is 333 g/mol. The molecule has 0 radical (unpaired) electrons. The maximum atomic E-state index is 13.9. The van der Waals surface area contributed by atoms with Crippen molar-refractivity contribution in [3.8, 4) is 0 Å². The summed E-state index contributed by atoms with van der Waals surface area (Å²) in [5.41, 5.74) is 0. The summed E-state index contributed by atoms with van der Waals surface area (Å²) in [5.74, 6) is -1.75. The summed E-state index contributed by atoms with van der Waals surface area (Å²) in [5, 5.41) is 0. The molecule has 1 aromatic rings. The fourth-order valence-electron chi connectivity index (χ4n) is 2.90. The van der Waals surface area contributed by atoms with Crippen molar-refractivity contribution in [1.82, 2.24) is 4.31 Å². The average molecular weight is 333 g/mol. The van der Waals surface area contributed by atoms with Crippen LogP contribution in [0.25, 0.3) is 0 Å². The van der Waals surface area contributed by atoms with Crippen LogP contribution < -0.4 is 0 Å². The Morgan fingerprint density at radius 3 is 2.59 bits per heavy atom. The lowest BCUT2D eigenvalue weighted by atomic mass is 10.0. The minimum absolute atomic E-state index is 0.242. The highest BCUT2D eigenvalue weighted by Gasteiger charge is 2.41. The molecule has 0 spiro atoms. The summed E-state index contributed by atoms with van der Waals surface area (Å²) >= 11 is 0. The molecule has 1 atom stereocenters. The molecular formula is C14H17F2NO4S. The third-order valence-electron chi connectivity index (χ3n) is 3.94. The molecule has 3 rings (SSSR count). The van der Waals surface area contributed by atoms with Gasteiger partial charge in [-0.15, -0.1) is 0 Å². The van der Waals surface area contributed by atoms with Gasteiger partial charge in [0, 0.05) is 6.54 Å². The first-order valence-corrected chi connectivity index (χ1v) is 8.64. The van der Waals surface area contributed by atoms with Gasteiger partial charge in [0.2, 0.25) is 10.0 Å². The van der Waals surface area contributed by atoms with Crippen molar-refractivity contribution < 1.29 is 26.7 Å². The van der Waals surface area contributed by atoms with E-state index in [1.807, 2.05) is 0 Å². The highest BCUT2D eigenvalue weighted by Crippen LogP contribution is 2.31. The fraction of sp³-hybridized carbons (Fsp3) is 0.571. The van der Waals surface area contributed by atoms with E-state index in [1.165, 1.54) is 4.31 Å². The molecule has 2 aliphatic rings. The van der Waals surface area contributed by atoms with Crippen LogP contribution in [-0.4, -0.2) is 44.8 Å². The molecule has 1 aromatic carbocycles. The van der Waals surface area contributed by atoms with E-state index >= 15 is 0 Å². The minimum Gasteiger partial charge on any atom is -0.349 e. The first kappa shape index (κ1) is 15.8. The van der Waals surface area contributed by atoms with Crippen LogP contribution in [0.4, 0.5) is 8.78 Å². The zero-order valence-corrected chi connectivity index (χ0v) is 12.7. The van der Waals surface area contributed by atoms with Gasteiger partial charge < -0.3 is 9.47 Å². The number of benzene rings is 1. The Morgan fingerprint density at radius 1 is 1.14 bits per heavy atom. The molecule has 0 amide bonds. The van der Waals surface area contributed by atoms with E-state index in [4.69, 9.17) is 9.47 Å². The summed E-state index contributed by atoms with van der Waals surface area (Å²) < 4.78 is 64.7. The Kier molecular flexibility index (Phi) is 4.44. The van der Waals surface area contributed by atoms with Crippen LogP contribution in [0.15, 0.2) is 23.1 Å². The molecule has 0 aliphatic carbocycles. The van der Waals surface area contributed by atoms with E-state index in [1.54, 1.807) is 0 Å². The van der Waals surface area contributed by atoms with Crippen molar-refractivity contribution in [3.63, 3.8) is 0 Å². The molecule has 2 heterocycles. The molecule has 22 heavy (non-hydrogen) atoms. The lowest BCUT2D eigenvalue weighted by molar-refractivity contribution is -0.0913. The van der Waals surface area contributed by atoms with Crippen LogP contribution in [0, 0.1) is 11.6 Å². The van der Waals surface area contributed by atoms with E-state index in [-0.39, 0.29) is 6.54 Å². The average Bonchev–Trinajstić information content (AvgIpc) is 3.04. The Balaban J connectivity index is 1.96. The highest BCUT2D eigenvalue weighted by molar-refractivity contribution is 7.89. The lowest BCUT2D eigenvalue weighted by Crippen LogP contribution is -2.50. The maximum Gasteiger partial charge on any atom is 0.246 e. The third-order valence-corrected chi connectivity index (χ3v) is 5.88. The van der Waals surface area contributed by atoms with Gasteiger partial charge in [0.25, 0.3) is 0 Å². The van der Waals surface area contributed by atoms with Crippen molar-refractivity contribution in [2.45, 2.75) is 36.5 Å². The topological polar surface area (TPSA) is 55.8 Å². The van der Waals surface area contributed by atoms with E-state index in [2.05, 4.69) is 0 Å². The van der Waals surface area contributed by atoms with Crippen molar-refractivity contribution >= 4 is 10.0 Å².